The lowest BCUT2D eigenvalue weighted by molar-refractivity contribution is -0.117. The highest BCUT2D eigenvalue weighted by Gasteiger charge is 2.29. The molecule has 0 bridgehead atoms. The second kappa shape index (κ2) is 8.95. The van der Waals surface area contributed by atoms with E-state index in [0.29, 0.717) is 37.1 Å². The van der Waals surface area contributed by atoms with Gasteiger partial charge < -0.3 is 4.74 Å². The number of methoxy groups -OCH3 is 1. The van der Waals surface area contributed by atoms with Crippen LogP contribution in [0.5, 0.6) is 5.75 Å². The smallest absolute Gasteiger partial charge is 0.243 e. The Morgan fingerprint density at radius 3 is 2.43 bits per heavy atom. The van der Waals surface area contributed by atoms with Crippen LogP contribution in [0.1, 0.15) is 11.9 Å². The monoisotopic (exact) mass is 425 g/mol. The predicted octanol–water partition coefficient (Wildman–Crippen LogP) is 1.05. The first-order valence-corrected chi connectivity index (χ1v) is 11.2. The molecule has 1 N–H and O–H groups in total. The number of aromatic nitrogens is 2. The molecule has 1 aromatic carbocycles. The molecule has 9 nitrogen and oxygen atoms in total. The topological polar surface area (TPSA) is 105 Å². The number of amides is 1. The SMILES string of the molecule is CCc1nnc(NC(=O)CN2CCN(S(=O)(=O)c3ccc(OC)cc3)CC2)s1. The van der Waals surface area contributed by atoms with E-state index in [2.05, 4.69) is 15.5 Å². The van der Waals surface area contributed by atoms with Crippen molar-refractivity contribution in [1.82, 2.24) is 19.4 Å². The molecule has 1 fully saturated rings. The van der Waals surface area contributed by atoms with Crippen LogP contribution in [0.2, 0.25) is 0 Å². The number of carbonyl (C=O) groups is 1. The number of nitrogens with zero attached hydrogens (tertiary/aromatic N) is 4. The maximum absolute atomic E-state index is 12.8. The average Bonchev–Trinajstić information content (AvgIpc) is 3.15. The van der Waals surface area contributed by atoms with Crippen molar-refractivity contribution in [2.45, 2.75) is 18.2 Å². The molecule has 1 aliphatic rings. The minimum absolute atomic E-state index is 0.176. The first-order valence-electron chi connectivity index (χ1n) is 8.91. The van der Waals surface area contributed by atoms with Gasteiger partial charge in [0.05, 0.1) is 18.6 Å². The van der Waals surface area contributed by atoms with Gasteiger partial charge in [0.15, 0.2) is 0 Å². The van der Waals surface area contributed by atoms with Gasteiger partial charge in [-0.1, -0.05) is 18.3 Å². The number of rotatable bonds is 7. The van der Waals surface area contributed by atoms with Gasteiger partial charge in [-0.05, 0) is 30.7 Å². The maximum Gasteiger partial charge on any atom is 0.243 e. The summed E-state index contributed by atoms with van der Waals surface area (Å²) in [6.07, 6.45) is 0.776. The fraction of sp³-hybridized carbons (Fsp3) is 0.471. The molecule has 0 unspecified atom stereocenters. The third-order valence-corrected chi connectivity index (χ3v) is 7.31. The van der Waals surface area contributed by atoms with E-state index in [1.54, 1.807) is 24.3 Å². The average molecular weight is 426 g/mol. The van der Waals surface area contributed by atoms with Crippen LogP contribution < -0.4 is 10.1 Å². The van der Waals surface area contributed by atoms with Gasteiger partial charge in [-0.15, -0.1) is 10.2 Å². The lowest BCUT2D eigenvalue weighted by Gasteiger charge is -2.33. The van der Waals surface area contributed by atoms with E-state index >= 15 is 0 Å². The molecule has 1 saturated heterocycles. The second-order valence-electron chi connectivity index (χ2n) is 6.26. The Morgan fingerprint density at radius 2 is 1.86 bits per heavy atom. The molecule has 2 aromatic rings. The third-order valence-electron chi connectivity index (χ3n) is 4.41. The van der Waals surface area contributed by atoms with Crippen molar-refractivity contribution in [3.05, 3.63) is 29.3 Å². The maximum atomic E-state index is 12.8. The van der Waals surface area contributed by atoms with E-state index in [4.69, 9.17) is 4.74 Å². The number of benzene rings is 1. The van der Waals surface area contributed by atoms with Crippen LogP contribution in [-0.2, 0) is 21.2 Å². The number of hydrogen-bond donors (Lipinski definition) is 1. The predicted molar refractivity (Wildman–Crippen MR) is 106 cm³/mol. The number of aryl methyl sites for hydroxylation is 1. The van der Waals surface area contributed by atoms with Crippen molar-refractivity contribution in [2.75, 3.05) is 45.2 Å². The Labute approximate surface area is 168 Å². The fourth-order valence-electron chi connectivity index (χ4n) is 2.83. The van der Waals surface area contributed by atoms with Crippen molar-refractivity contribution >= 4 is 32.4 Å². The first-order chi connectivity index (χ1) is 13.4. The molecule has 11 heteroatoms. The van der Waals surface area contributed by atoms with Gasteiger partial charge in [0.1, 0.15) is 10.8 Å². The Balaban J connectivity index is 1.52. The molecule has 3 rings (SSSR count). The Bertz CT molecular complexity index is 906. The van der Waals surface area contributed by atoms with Crippen LogP contribution in [-0.4, -0.2) is 73.6 Å². The zero-order valence-corrected chi connectivity index (χ0v) is 17.4. The highest BCUT2D eigenvalue weighted by atomic mass is 32.2. The third kappa shape index (κ3) is 4.85. The molecule has 0 spiro atoms. The van der Waals surface area contributed by atoms with E-state index in [-0.39, 0.29) is 17.3 Å². The van der Waals surface area contributed by atoms with Crippen LogP contribution >= 0.6 is 11.3 Å². The quantitative estimate of drug-likeness (QED) is 0.707. The highest BCUT2D eigenvalue weighted by Crippen LogP contribution is 2.21. The summed E-state index contributed by atoms with van der Waals surface area (Å²) in [5.41, 5.74) is 0. The van der Waals surface area contributed by atoms with Gasteiger partial charge in [0.2, 0.25) is 21.1 Å². The standard InChI is InChI=1S/C17H23N5O4S2/c1-3-16-19-20-17(27-16)18-15(23)12-21-8-10-22(11-9-21)28(24,25)14-6-4-13(26-2)5-7-14/h4-7H,3,8-12H2,1-2H3,(H,18,20,23). The number of ether oxygens (including phenoxy) is 1. The highest BCUT2D eigenvalue weighted by molar-refractivity contribution is 7.89. The normalized spacial score (nSPS) is 16.1. The van der Waals surface area contributed by atoms with Gasteiger partial charge in [-0.2, -0.15) is 4.31 Å². The minimum Gasteiger partial charge on any atom is -0.497 e. The lowest BCUT2D eigenvalue weighted by Crippen LogP contribution is -2.50. The van der Waals surface area contributed by atoms with Crippen LogP contribution in [0.4, 0.5) is 5.13 Å². The summed E-state index contributed by atoms with van der Waals surface area (Å²) in [5, 5.41) is 12.0. The van der Waals surface area contributed by atoms with Crippen molar-refractivity contribution in [1.29, 1.82) is 0 Å². The molecule has 1 amide bonds. The van der Waals surface area contributed by atoms with Crippen molar-refractivity contribution < 1.29 is 17.9 Å². The van der Waals surface area contributed by atoms with Crippen LogP contribution in [0.15, 0.2) is 29.2 Å². The molecular formula is C17H23N5O4S2. The number of nitrogens with one attached hydrogen (secondary N) is 1. The van der Waals surface area contributed by atoms with Gasteiger partial charge >= 0.3 is 0 Å². The number of anilines is 1. The molecule has 1 aliphatic heterocycles. The molecule has 0 aliphatic carbocycles. The number of carbonyl (C=O) groups excluding carboxylic acids is 1. The molecule has 0 radical (unpaired) electrons. The minimum atomic E-state index is -3.55. The first kappa shape index (κ1) is 20.6. The van der Waals surface area contributed by atoms with E-state index < -0.39 is 10.0 Å². The van der Waals surface area contributed by atoms with Crippen molar-refractivity contribution in [3.63, 3.8) is 0 Å². The summed E-state index contributed by atoms with van der Waals surface area (Å²) < 4.78 is 32.0. The second-order valence-corrected chi connectivity index (χ2v) is 9.26. The summed E-state index contributed by atoms with van der Waals surface area (Å²) in [5.74, 6) is 0.432. The zero-order valence-electron chi connectivity index (χ0n) is 15.8. The number of sulfonamides is 1. The summed E-state index contributed by atoms with van der Waals surface area (Å²) >= 11 is 1.36. The Hall–Kier alpha value is -2.08. The van der Waals surface area contributed by atoms with Gasteiger partial charge in [-0.25, -0.2) is 8.42 Å². The summed E-state index contributed by atoms with van der Waals surface area (Å²) in [4.78, 5) is 14.3. The Morgan fingerprint density at radius 1 is 1.18 bits per heavy atom. The van der Waals surface area contributed by atoms with E-state index in [9.17, 15) is 13.2 Å². The van der Waals surface area contributed by atoms with Crippen LogP contribution in [0.25, 0.3) is 0 Å². The largest absolute Gasteiger partial charge is 0.497 e. The summed E-state index contributed by atoms with van der Waals surface area (Å²) in [6.45, 7) is 3.81. The molecule has 1 aromatic heterocycles. The zero-order chi connectivity index (χ0) is 20.1. The lowest BCUT2D eigenvalue weighted by atomic mass is 10.3. The van der Waals surface area contributed by atoms with E-state index in [1.165, 1.54) is 22.8 Å². The van der Waals surface area contributed by atoms with Gasteiger partial charge in [-0.3, -0.25) is 15.0 Å². The molecule has 0 saturated carbocycles. The van der Waals surface area contributed by atoms with E-state index in [0.717, 1.165) is 11.4 Å². The molecule has 2 heterocycles. The summed E-state index contributed by atoms with van der Waals surface area (Å²) in [7, 11) is -2.02. The molecule has 0 atom stereocenters. The molecular weight excluding hydrogens is 402 g/mol. The Kier molecular flexibility index (Phi) is 6.60. The van der Waals surface area contributed by atoms with Crippen LogP contribution in [0, 0.1) is 0 Å². The van der Waals surface area contributed by atoms with Gasteiger partial charge in [0.25, 0.3) is 0 Å². The van der Waals surface area contributed by atoms with Gasteiger partial charge in [0, 0.05) is 26.2 Å². The number of hydrogen-bond acceptors (Lipinski definition) is 8. The van der Waals surface area contributed by atoms with Crippen LogP contribution in [0.3, 0.4) is 0 Å². The van der Waals surface area contributed by atoms with Crippen molar-refractivity contribution in [3.8, 4) is 5.75 Å². The van der Waals surface area contributed by atoms with E-state index in [1.807, 2.05) is 11.8 Å². The summed E-state index contributed by atoms with van der Waals surface area (Å²) in [6, 6.07) is 6.34. The number of piperazine rings is 1. The fourth-order valence-corrected chi connectivity index (χ4v) is 4.95. The molecule has 152 valence electrons. The van der Waals surface area contributed by atoms with Crippen molar-refractivity contribution in [2.24, 2.45) is 0 Å². The molecule has 28 heavy (non-hydrogen) atoms.